The Morgan fingerprint density at radius 1 is 1.09 bits per heavy atom. The maximum atomic E-state index is 12.3. The molecule has 3 N–H and O–H groups in total. The Kier molecular flexibility index (Phi) is 10.7. The average molecular weight is 499 g/mol. The number of pyridine rings is 1. The van der Waals surface area contributed by atoms with Crippen molar-refractivity contribution in [3.05, 3.63) is 71.4 Å². The lowest BCUT2D eigenvalue weighted by Gasteiger charge is -2.19. The van der Waals surface area contributed by atoms with Gasteiger partial charge in [-0.15, -0.1) is 0 Å². The molecule has 1 atom stereocenters. The van der Waals surface area contributed by atoms with Gasteiger partial charge in [-0.2, -0.15) is 0 Å². The van der Waals surface area contributed by atoms with Gasteiger partial charge in [0.1, 0.15) is 18.7 Å². The van der Waals surface area contributed by atoms with Crippen molar-refractivity contribution >= 4 is 40.2 Å². The fourth-order valence-electron chi connectivity index (χ4n) is 3.18. The molecule has 1 unspecified atom stereocenters. The van der Waals surface area contributed by atoms with E-state index in [9.17, 15) is 9.59 Å². The SMILES string of the molecule is CNCCOC(CC(=O)[N]CCOC(=O)Nc1cc2ccccc2cn1)NCc1ccccc1Cl. The molecule has 185 valence electrons. The first-order valence-electron chi connectivity index (χ1n) is 11.3. The fraction of sp³-hybridized carbons (Fsp3) is 0.320. The number of nitrogens with zero attached hydrogens (tertiary/aromatic N) is 2. The van der Waals surface area contributed by atoms with Crippen LogP contribution in [0.5, 0.6) is 0 Å². The highest BCUT2D eigenvalue weighted by Crippen LogP contribution is 2.16. The first-order chi connectivity index (χ1) is 17.0. The third kappa shape index (κ3) is 9.14. The molecule has 3 aromatic rings. The van der Waals surface area contributed by atoms with E-state index < -0.39 is 12.3 Å². The van der Waals surface area contributed by atoms with Crippen molar-refractivity contribution in [1.82, 2.24) is 20.9 Å². The van der Waals surface area contributed by atoms with E-state index >= 15 is 0 Å². The predicted octanol–water partition coefficient (Wildman–Crippen LogP) is 3.31. The van der Waals surface area contributed by atoms with E-state index in [4.69, 9.17) is 21.1 Å². The number of hydrogen-bond donors (Lipinski definition) is 3. The van der Waals surface area contributed by atoms with Gasteiger partial charge in [0.25, 0.3) is 0 Å². The summed E-state index contributed by atoms with van der Waals surface area (Å²) in [5.74, 6) is 0.0270. The quantitative estimate of drug-likeness (QED) is 0.244. The van der Waals surface area contributed by atoms with E-state index in [0.717, 1.165) is 16.3 Å². The average Bonchev–Trinajstić information content (AvgIpc) is 2.86. The van der Waals surface area contributed by atoms with Crippen LogP contribution in [0.25, 0.3) is 10.8 Å². The van der Waals surface area contributed by atoms with Crippen LogP contribution in [0.1, 0.15) is 12.0 Å². The summed E-state index contributed by atoms with van der Waals surface area (Å²) in [6.07, 6.45) is 0.527. The van der Waals surface area contributed by atoms with Crippen LogP contribution >= 0.6 is 11.6 Å². The molecule has 9 nitrogen and oxygen atoms in total. The van der Waals surface area contributed by atoms with Crippen LogP contribution < -0.4 is 21.3 Å². The molecule has 0 aliphatic heterocycles. The van der Waals surface area contributed by atoms with Gasteiger partial charge in [0.05, 0.1) is 19.6 Å². The molecule has 0 saturated heterocycles. The van der Waals surface area contributed by atoms with Crippen molar-refractivity contribution in [3.63, 3.8) is 0 Å². The minimum atomic E-state index is -0.662. The third-order valence-corrected chi connectivity index (χ3v) is 5.35. The molecule has 1 aromatic heterocycles. The normalized spacial score (nSPS) is 11.7. The van der Waals surface area contributed by atoms with Gasteiger partial charge in [-0.25, -0.2) is 15.1 Å². The summed E-state index contributed by atoms with van der Waals surface area (Å²) < 4.78 is 10.9. The van der Waals surface area contributed by atoms with Crippen molar-refractivity contribution in [2.75, 3.05) is 38.7 Å². The molecule has 0 aliphatic carbocycles. The molecule has 1 heterocycles. The van der Waals surface area contributed by atoms with Crippen LogP contribution in [0.4, 0.5) is 10.6 Å². The van der Waals surface area contributed by atoms with Gasteiger partial charge in [-0.3, -0.25) is 15.4 Å². The van der Waals surface area contributed by atoms with Crippen molar-refractivity contribution < 1.29 is 19.1 Å². The zero-order chi connectivity index (χ0) is 24.9. The maximum absolute atomic E-state index is 12.3. The number of carbonyl (C=O) groups is 2. The van der Waals surface area contributed by atoms with Gasteiger partial charge < -0.3 is 14.8 Å². The summed E-state index contributed by atoms with van der Waals surface area (Å²) in [6.45, 7) is 1.53. The molecule has 0 aliphatic rings. The number of benzene rings is 2. The minimum absolute atomic E-state index is 0.0382. The van der Waals surface area contributed by atoms with Crippen LogP contribution in [-0.4, -0.2) is 56.6 Å². The third-order valence-electron chi connectivity index (χ3n) is 4.98. The number of aromatic nitrogens is 1. The second kappa shape index (κ2) is 14.2. The highest BCUT2D eigenvalue weighted by atomic mass is 35.5. The highest BCUT2D eigenvalue weighted by Gasteiger charge is 2.16. The lowest BCUT2D eigenvalue weighted by molar-refractivity contribution is -0.125. The molecule has 1 radical (unpaired) electrons. The number of ether oxygens (including phenoxy) is 2. The number of fused-ring (bicyclic) bond motifs is 1. The van der Waals surface area contributed by atoms with Crippen molar-refractivity contribution in [2.45, 2.75) is 19.2 Å². The Balaban J connectivity index is 1.38. The molecule has 0 spiro atoms. The van der Waals surface area contributed by atoms with E-state index in [1.165, 1.54) is 0 Å². The van der Waals surface area contributed by atoms with E-state index in [0.29, 0.717) is 30.5 Å². The first-order valence-corrected chi connectivity index (χ1v) is 11.6. The molecule has 0 saturated carbocycles. The monoisotopic (exact) mass is 498 g/mol. The van der Waals surface area contributed by atoms with Crippen molar-refractivity contribution in [1.29, 1.82) is 0 Å². The number of rotatable bonds is 13. The number of anilines is 1. The zero-order valence-corrected chi connectivity index (χ0v) is 20.3. The van der Waals surface area contributed by atoms with Crippen molar-refractivity contribution in [2.24, 2.45) is 0 Å². The number of carbonyl (C=O) groups excluding carboxylic acids is 2. The van der Waals surface area contributed by atoms with Gasteiger partial charge in [-0.05, 0) is 30.1 Å². The van der Waals surface area contributed by atoms with Crippen LogP contribution in [0, 0.1) is 0 Å². The second-order valence-corrected chi connectivity index (χ2v) is 8.00. The Hall–Kier alpha value is -3.24. The second-order valence-electron chi connectivity index (χ2n) is 7.59. The van der Waals surface area contributed by atoms with E-state index in [2.05, 4.69) is 26.3 Å². The summed E-state index contributed by atoms with van der Waals surface area (Å²) in [7, 11) is 1.82. The lowest BCUT2D eigenvalue weighted by Crippen LogP contribution is -2.37. The number of nitrogens with one attached hydrogen (secondary N) is 3. The van der Waals surface area contributed by atoms with Crippen LogP contribution in [-0.2, 0) is 20.8 Å². The number of likely N-dealkylation sites (N-methyl/N-ethyl adjacent to an activating group) is 1. The first kappa shape index (κ1) is 26.4. The fourth-order valence-corrected chi connectivity index (χ4v) is 3.39. The zero-order valence-electron chi connectivity index (χ0n) is 19.5. The summed E-state index contributed by atoms with van der Waals surface area (Å²) in [4.78, 5) is 28.5. The largest absolute Gasteiger partial charge is 0.447 e. The van der Waals surface area contributed by atoms with Crippen LogP contribution in [0.3, 0.4) is 0 Å². The molecule has 3 rings (SSSR count). The van der Waals surface area contributed by atoms with Crippen LogP contribution in [0.2, 0.25) is 5.02 Å². The number of hydrogen-bond acceptors (Lipinski definition) is 7. The predicted molar refractivity (Wildman–Crippen MR) is 135 cm³/mol. The molecule has 2 amide bonds. The Morgan fingerprint density at radius 3 is 2.66 bits per heavy atom. The molecule has 0 bridgehead atoms. The van der Waals surface area contributed by atoms with Crippen molar-refractivity contribution in [3.8, 4) is 0 Å². The minimum Gasteiger partial charge on any atom is -0.447 e. The standard InChI is InChI=1S/C25H29ClN5O4/c1-27-10-12-34-24(30-17-20-8-4-5-9-21(20)26)15-23(32)28-11-13-35-25(33)31-22-14-18-6-2-3-7-19(18)16-29-22/h2-9,14,16,24,27,30H,10-13,15,17H2,1H3,(H,29,31,33). The van der Waals surface area contributed by atoms with Gasteiger partial charge in [0.15, 0.2) is 0 Å². The number of halogens is 1. The summed E-state index contributed by atoms with van der Waals surface area (Å²) >= 11 is 6.20. The molecular weight excluding hydrogens is 470 g/mol. The highest BCUT2D eigenvalue weighted by molar-refractivity contribution is 6.31. The molecule has 35 heavy (non-hydrogen) atoms. The Labute approximate surface area is 209 Å². The van der Waals surface area contributed by atoms with Gasteiger partial charge >= 0.3 is 6.09 Å². The van der Waals surface area contributed by atoms with Crippen LogP contribution in [0.15, 0.2) is 60.8 Å². The van der Waals surface area contributed by atoms with E-state index in [-0.39, 0.29) is 25.5 Å². The Morgan fingerprint density at radius 2 is 1.86 bits per heavy atom. The topological polar surface area (TPSA) is 116 Å². The van der Waals surface area contributed by atoms with Gasteiger partial charge in [0, 0.05) is 29.7 Å². The molecule has 10 heteroatoms. The summed E-state index contributed by atoms with van der Waals surface area (Å²) in [5, 5.41) is 15.3. The summed E-state index contributed by atoms with van der Waals surface area (Å²) in [6, 6.07) is 16.9. The van der Waals surface area contributed by atoms with Gasteiger partial charge in [-0.1, -0.05) is 54.1 Å². The molecular formula is C25H29ClN5O4. The number of amides is 2. The maximum Gasteiger partial charge on any atom is 0.412 e. The Bertz CT molecular complexity index is 1110. The van der Waals surface area contributed by atoms with Gasteiger partial charge in [0.2, 0.25) is 5.91 Å². The smallest absolute Gasteiger partial charge is 0.412 e. The lowest BCUT2D eigenvalue weighted by atomic mass is 10.2. The molecule has 2 aromatic carbocycles. The van der Waals surface area contributed by atoms with E-state index in [1.54, 1.807) is 12.3 Å². The van der Waals surface area contributed by atoms with E-state index in [1.807, 2.05) is 55.6 Å². The molecule has 0 fully saturated rings. The summed E-state index contributed by atoms with van der Waals surface area (Å²) in [5.41, 5.74) is 0.904.